The lowest BCUT2D eigenvalue weighted by atomic mass is 9.84. The Kier molecular flexibility index (Phi) is 7.20. The number of carbonyl (C=O) groups excluding carboxylic acids is 1. The number of nitrogens with two attached hydrogens (primary N) is 1. The zero-order chi connectivity index (χ0) is 24.6. The van der Waals surface area contributed by atoms with E-state index in [0.29, 0.717) is 18.9 Å². The van der Waals surface area contributed by atoms with Crippen molar-refractivity contribution in [2.24, 2.45) is 11.7 Å². The van der Waals surface area contributed by atoms with Crippen molar-refractivity contribution < 1.29 is 44.3 Å². The summed E-state index contributed by atoms with van der Waals surface area (Å²) in [6.45, 7) is 0. The normalized spacial score (nSPS) is 20.7. The smallest absolute Gasteiger partial charge is 0.404 e. The van der Waals surface area contributed by atoms with Crippen LogP contribution in [0, 0.1) is 11.7 Å². The summed E-state index contributed by atoms with van der Waals surface area (Å²) in [5.41, 5.74) is 5.15. The maximum absolute atomic E-state index is 14.6. The predicted molar refractivity (Wildman–Crippen MR) is 105 cm³/mol. The second-order valence-corrected chi connectivity index (χ2v) is 10.0. The quantitative estimate of drug-likeness (QED) is 0.492. The minimum absolute atomic E-state index is 0.183. The number of amides is 1. The Morgan fingerprint density at radius 2 is 1.76 bits per heavy atom. The van der Waals surface area contributed by atoms with E-state index in [2.05, 4.69) is 10.1 Å². The minimum atomic E-state index is -5.36. The van der Waals surface area contributed by atoms with E-state index in [-0.39, 0.29) is 12.0 Å². The van der Waals surface area contributed by atoms with Crippen molar-refractivity contribution in [3.8, 4) is 5.75 Å². The first kappa shape index (κ1) is 25.6. The van der Waals surface area contributed by atoms with Crippen LogP contribution in [0.25, 0.3) is 0 Å². The molecular formula is C19H23F6N3O4S. The lowest BCUT2D eigenvalue weighted by molar-refractivity contribution is -0.275. The van der Waals surface area contributed by atoms with Gasteiger partial charge in [-0.1, -0.05) is 19.3 Å². The third-order valence-corrected chi connectivity index (χ3v) is 7.22. The molecule has 2 aliphatic rings. The van der Waals surface area contributed by atoms with Crippen molar-refractivity contribution >= 4 is 21.6 Å². The first-order chi connectivity index (χ1) is 15.2. The number of halogens is 6. The van der Waals surface area contributed by atoms with Gasteiger partial charge in [-0.25, -0.2) is 26.3 Å². The molecule has 1 atom stereocenters. The summed E-state index contributed by atoms with van der Waals surface area (Å²) < 4.78 is 110. The van der Waals surface area contributed by atoms with Gasteiger partial charge in [0.1, 0.15) is 10.7 Å². The summed E-state index contributed by atoms with van der Waals surface area (Å²) in [6, 6.07) is -1.68. The van der Waals surface area contributed by atoms with Crippen LogP contribution in [0.2, 0.25) is 0 Å². The molecule has 0 heterocycles. The predicted octanol–water partition coefficient (Wildman–Crippen LogP) is 3.65. The molecule has 0 bridgehead atoms. The molecule has 0 radical (unpaired) electrons. The van der Waals surface area contributed by atoms with Gasteiger partial charge in [-0.2, -0.15) is 0 Å². The molecule has 0 aromatic heterocycles. The highest BCUT2D eigenvalue weighted by Gasteiger charge is 2.47. The molecule has 2 fully saturated rings. The standard InChI is InChI=1S/C19H23F6N3O4S/c20-12-6-15(33(30,31)28-11-8-18(21,22)9-11)14(32-19(23,24)25)7-13(12)27-17(29)16(26)10-4-2-1-3-5-10/h6-7,10-11,16,28H,1-5,8-9,26H2,(H,27,29)/t16-/m0/s1. The van der Waals surface area contributed by atoms with Crippen molar-refractivity contribution in [2.45, 2.75) is 74.2 Å². The minimum Gasteiger partial charge on any atom is -0.404 e. The number of alkyl halides is 5. The number of hydrogen-bond donors (Lipinski definition) is 3. The van der Waals surface area contributed by atoms with Crippen molar-refractivity contribution in [2.75, 3.05) is 5.32 Å². The molecule has 0 unspecified atom stereocenters. The van der Waals surface area contributed by atoms with Crippen LogP contribution in [0.5, 0.6) is 5.75 Å². The van der Waals surface area contributed by atoms with Crippen molar-refractivity contribution in [3.63, 3.8) is 0 Å². The highest BCUT2D eigenvalue weighted by molar-refractivity contribution is 7.89. The monoisotopic (exact) mass is 503 g/mol. The SMILES string of the molecule is N[C@H](C(=O)Nc1cc(OC(F)(F)F)c(S(=O)(=O)NC2CC(F)(F)C2)cc1F)C1CCCCC1. The average Bonchev–Trinajstić information content (AvgIpc) is 2.67. The third-order valence-electron chi connectivity index (χ3n) is 5.68. The van der Waals surface area contributed by atoms with Crippen LogP contribution in [0.3, 0.4) is 0 Å². The van der Waals surface area contributed by atoms with Crippen LogP contribution >= 0.6 is 0 Å². The number of sulfonamides is 1. The molecule has 1 aromatic carbocycles. The highest BCUT2D eigenvalue weighted by atomic mass is 32.2. The van der Waals surface area contributed by atoms with Crippen molar-refractivity contribution in [3.05, 3.63) is 17.9 Å². The van der Waals surface area contributed by atoms with Gasteiger partial charge < -0.3 is 15.8 Å². The van der Waals surface area contributed by atoms with Crippen LogP contribution in [0.15, 0.2) is 17.0 Å². The van der Waals surface area contributed by atoms with Gasteiger partial charge in [-0.05, 0) is 24.8 Å². The number of benzene rings is 1. The van der Waals surface area contributed by atoms with E-state index in [1.54, 1.807) is 0 Å². The molecular weight excluding hydrogens is 480 g/mol. The number of nitrogens with one attached hydrogen (secondary N) is 2. The van der Waals surface area contributed by atoms with E-state index >= 15 is 0 Å². The molecule has 0 aliphatic heterocycles. The second kappa shape index (κ2) is 9.29. The van der Waals surface area contributed by atoms with E-state index in [9.17, 15) is 39.6 Å². The average molecular weight is 503 g/mol. The number of anilines is 1. The van der Waals surface area contributed by atoms with Crippen molar-refractivity contribution in [1.82, 2.24) is 4.72 Å². The lowest BCUT2D eigenvalue weighted by Gasteiger charge is -2.35. The fraction of sp³-hybridized carbons (Fsp3) is 0.632. The number of carbonyl (C=O) groups is 1. The molecule has 33 heavy (non-hydrogen) atoms. The zero-order valence-electron chi connectivity index (χ0n) is 17.2. The number of rotatable bonds is 7. The maximum atomic E-state index is 14.6. The molecule has 4 N–H and O–H groups in total. The molecule has 7 nitrogen and oxygen atoms in total. The maximum Gasteiger partial charge on any atom is 0.573 e. The van der Waals surface area contributed by atoms with E-state index in [0.717, 1.165) is 19.3 Å². The van der Waals surface area contributed by atoms with E-state index in [1.165, 1.54) is 0 Å². The van der Waals surface area contributed by atoms with Gasteiger partial charge in [0.25, 0.3) is 5.92 Å². The van der Waals surface area contributed by atoms with Crippen molar-refractivity contribution in [1.29, 1.82) is 0 Å². The molecule has 2 saturated carbocycles. The summed E-state index contributed by atoms with van der Waals surface area (Å²) in [5.74, 6) is -6.83. The Labute approximate surface area is 186 Å². The Morgan fingerprint density at radius 3 is 2.30 bits per heavy atom. The molecule has 186 valence electrons. The highest BCUT2D eigenvalue weighted by Crippen LogP contribution is 2.40. The van der Waals surface area contributed by atoms with Gasteiger partial charge in [-0.3, -0.25) is 4.79 Å². The number of hydrogen-bond acceptors (Lipinski definition) is 5. The second-order valence-electron chi connectivity index (χ2n) is 8.32. The Hall–Kier alpha value is -2.06. The summed E-state index contributed by atoms with van der Waals surface area (Å²) >= 11 is 0. The Bertz CT molecular complexity index is 988. The lowest BCUT2D eigenvalue weighted by Crippen LogP contribution is -2.50. The van der Waals surface area contributed by atoms with Gasteiger partial charge in [0.2, 0.25) is 15.9 Å². The first-order valence-electron chi connectivity index (χ1n) is 10.2. The zero-order valence-corrected chi connectivity index (χ0v) is 18.0. The van der Waals surface area contributed by atoms with Crippen LogP contribution in [-0.2, 0) is 14.8 Å². The first-order valence-corrected chi connectivity index (χ1v) is 11.7. The molecule has 2 aliphatic carbocycles. The van der Waals surface area contributed by atoms with Gasteiger partial charge in [0, 0.05) is 24.9 Å². The Morgan fingerprint density at radius 1 is 1.15 bits per heavy atom. The molecule has 1 aromatic rings. The van der Waals surface area contributed by atoms with E-state index < -0.39 is 75.3 Å². The fourth-order valence-electron chi connectivity index (χ4n) is 4.00. The van der Waals surface area contributed by atoms with E-state index in [1.807, 2.05) is 4.72 Å². The summed E-state index contributed by atoms with van der Waals surface area (Å²) in [5, 5.41) is 2.09. The van der Waals surface area contributed by atoms with Crippen LogP contribution in [-0.4, -0.2) is 38.7 Å². The van der Waals surface area contributed by atoms with Gasteiger partial charge in [-0.15, -0.1) is 13.2 Å². The topological polar surface area (TPSA) is 111 Å². The third kappa shape index (κ3) is 6.51. The summed E-state index contributed by atoms with van der Waals surface area (Å²) in [6.07, 6.45) is -3.02. The fourth-order valence-corrected chi connectivity index (χ4v) is 5.35. The van der Waals surface area contributed by atoms with Gasteiger partial charge >= 0.3 is 6.36 Å². The van der Waals surface area contributed by atoms with Crippen LogP contribution in [0.1, 0.15) is 44.9 Å². The molecule has 1 amide bonds. The molecule has 0 saturated heterocycles. The van der Waals surface area contributed by atoms with Crippen LogP contribution < -0.4 is 20.5 Å². The molecule has 3 rings (SSSR count). The summed E-state index contributed by atoms with van der Waals surface area (Å²) in [7, 11) is -4.86. The van der Waals surface area contributed by atoms with Gasteiger partial charge in [0.05, 0.1) is 11.7 Å². The largest absolute Gasteiger partial charge is 0.573 e. The van der Waals surface area contributed by atoms with E-state index in [4.69, 9.17) is 5.73 Å². The summed E-state index contributed by atoms with van der Waals surface area (Å²) in [4.78, 5) is 11.2. The van der Waals surface area contributed by atoms with Crippen LogP contribution in [0.4, 0.5) is 32.0 Å². The molecule has 0 spiro atoms. The number of ether oxygens (including phenoxy) is 1. The van der Waals surface area contributed by atoms with Gasteiger partial charge in [0.15, 0.2) is 5.75 Å². The molecule has 14 heteroatoms. The Balaban J connectivity index is 1.86.